The molecule has 0 saturated heterocycles. The number of allylic oxidation sites excluding steroid dienone is 11. The van der Waals surface area contributed by atoms with Gasteiger partial charge in [-0.15, -0.1) is 0 Å². The number of rotatable bonds is 40. The molecule has 0 rings (SSSR count). The van der Waals surface area contributed by atoms with E-state index in [0.29, 0.717) is 19.3 Å². The minimum absolute atomic E-state index is 0.0534. The van der Waals surface area contributed by atoms with Crippen molar-refractivity contribution in [2.45, 2.75) is 225 Å². The number of carbonyl (C=O) groups excluding carboxylic acids is 2. The van der Waals surface area contributed by atoms with E-state index in [0.717, 1.165) is 51.4 Å². The van der Waals surface area contributed by atoms with Gasteiger partial charge in [-0.05, 0) is 76.7 Å². The van der Waals surface area contributed by atoms with Crippen LogP contribution in [0.15, 0.2) is 72.9 Å². The van der Waals surface area contributed by atoms with Gasteiger partial charge in [-0.2, -0.15) is 0 Å². The quantitative estimate of drug-likeness (QED) is 0.0327. The average Bonchev–Trinajstić information content (AvgIpc) is 3.19. The van der Waals surface area contributed by atoms with Crippen LogP contribution in [0.5, 0.6) is 0 Å². The molecule has 3 N–H and O–H groups in total. The highest BCUT2D eigenvalue weighted by molar-refractivity contribution is 5.78. The summed E-state index contributed by atoms with van der Waals surface area (Å²) in [6.45, 7) is 6.36. The number of ether oxygens (including phenoxy) is 1. The molecule has 0 aliphatic rings. The van der Waals surface area contributed by atoms with E-state index >= 15 is 0 Å². The number of amides is 1. The zero-order chi connectivity index (χ0) is 41.0. The standard InChI is InChI=1S/C50H87NO5/c1-4-7-10-13-16-19-21-22-23-24-25-26-28-31-34-37-40-43-50(55)56-46(41-38-35-32-30-27-20-17-14-11-8-5-2)44-49(54)51-47(45-52)48(53)42-39-36-33-29-18-15-12-9-6-3/h16,19,22-23,25-26,30-32,34,38,41,46-48,52-53H,4-15,17-18,20-21,24,27-29,33,35-37,39-40,42-45H2,1-3H3,(H,51,54)/b19-16-,23-22-,26-25-,32-30-,34-31-,41-38+. The van der Waals surface area contributed by atoms with Crippen LogP contribution < -0.4 is 5.32 Å². The Hall–Kier alpha value is -2.70. The SMILES string of the molecule is CCCCC/C=C\C/C=C\C/C=C\C/C=C\CCCC(=O)OC(/C=C/C/C=C\CCCCCCCC)CC(=O)NC(CO)C(O)CCCCCCCCCCC. The van der Waals surface area contributed by atoms with Crippen molar-refractivity contribution in [1.29, 1.82) is 0 Å². The maximum Gasteiger partial charge on any atom is 0.306 e. The number of hydrogen-bond donors (Lipinski definition) is 3. The molecule has 0 spiro atoms. The maximum absolute atomic E-state index is 13.1. The third-order valence-electron chi connectivity index (χ3n) is 10.0. The second-order valence-corrected chi connectivity index (χ2v) is 15.4. The van der Waals surface area contributed by atoms with Gasteiger partial charge in [0.05, 0.1) is 25.2 Å². The zero-order valence-corrected chi connectivity index (χ0v) is 36.5. The highest BCUT2D eigenvalue weighted by atomic mass is 16.5. The monoisotopic (exact) mass is 782 g/mol. The van der Waals surface area contributed by atoms with Crippen molar-refractivity contribution in [3.8, 4) is 0 Å². The summed E-state index contributed by atoms with van der Waals surface area (Å²) in [4.78, 5) is 25.9. The van der Waals surface area contributed by atoms with Gasteiger partial charge in [0.2, 0.25) is 5.91 Å². The summed E-state index contributed by atoms with van der Waals surface area (Å²) >= 11 is 0. The van der Waals surface area contributed by atoms with Crippen LogP contribution in [0.1, 0.15) is 207 Å². The van der Waals surface area contributed by atoms with E-state index < -0.39 is 18.2 Å². The molecular formula is C50H87NO5. The highest BCUT2D eigenvalue weighted by Gasteiger charge is 2.23. The number of carbonyl (C=O) groups is 2. The van der Waals surface area contributed by atoms with Gasteiger partial charge < -0.3 is 20.3 Å². The fourth-order valence-corrected chi connectivity index (χ4v) is 6.44. The van der Waals surface area contributed by atoms with E-state index in [1.807, 2.05) is 6.08 Å². The van der Waals surface area contributed by atoms with Crippen molar-refractivity contribution >= 4 is 11.9 Å². The van der Waals surface area contributed by atoms with E-state index in [4.69, 9.17) is 4.74 Å². The highest BCUT2D eigenvalue weighted by Crippen LogP contribution is 2.14. The van der Waals surface area contributed by atoms with Crippen LogP contribution in [0.2, 0.25) is 0 Å². The van der Waals surface area contributed by atoms with Crippen LogP contribution in [0.3, 0.4) is 0 Å². The third kappa shape index (κ3) is 38.2. The minimum Gasteiger partial charge on any atom is -0.458 e. The Bertz CT molecular complexity index is 1060. The predicted molar refractivity (Wildman–Crippen MR) is 241 cm³/mol. The maximum atomic E-state index is 13.1. The summed E-state index contributed by atoms with van der Waals surface area (Å²) in [6, 6.07) is -0.743. The van der Waals surface area contributed by atoms with Crippen molar-refractivity contribution in [3.05, 3.63) is 72.9 Å². The number of unbranched alkanes of at least 4 members (excludes halogenated alkanes) is 18. The third-order valence-corrected chi connectivity index (χ3v) is 10.0. The molecule has 0 saturated carbocycles. The normalized spacial score (nSPS) is 14.0. The van der Waals surface area contributed by atoms with Gasteiger partial charge in [-0.3, -0.25) is 9.59 Å². The molecule has 0 bridgehead atoms. The van der Waals surface area contributed by atoms with E-state index in [-0.39, 0.29) is 31.3 Å². The Kier molecular flexibility index (Phi) is 41.3. The zero-order valence-electron chi connectivity index (χ0n) is 36.5. The van der Waals surface area contributed by atoms with Crippen molar-refractivity contribution in [2.24, 2.45) is 0 Å². The summed E-state index contributed by atoms with van der Waals surface area (Å²) in [7, 11) is 0. The lowest BCUT2D eigenvalue weighted by molar-refractivity contribution is -0.148. The lowest BCUT2D eigenvalue weighted by Gasteiger charge is -2.23. The Balaban J connectivity index is 4.76. The smallest absolute Gasteiger partial charge is 0.306 e. The lowest BCUT2D eigenvalue weighted by atomic mass is 10.0. The average molecular weight is 782 g/mol. The molecule has 3 unspecified atom stereocenters. The summed E-state index contributed by atoms with van der Waals surface area (Å²) in [5, 5.41) is 23.5. The van der Waals surface area contributed by atoms with Crippen LogP contribution in [0.4, 0.5) is 0 Å². The van der Waals surface area contributed by atoms with E-state index in [1.54, 1.807) is 6.08 Å². The Morgan fingerprint density at radius 3 is 1.46 bits per heavy atom. The number of aliphatic hydroxyl groups is 2. The van der Waals surface area contributed by atoms with Gasteiger partial charge in [-0.1, -0.05) is 190 Å². The Morgan fingerprint density at radius 2 is 0.946 bits per heavy atom. The first kappa shape index (κ1) is 53.3. The molecule has 1 amide bonds. The van der Waals surface area contributed by atoms with E-state index in [2.05, 4.69) is 86.8 Å². The Labute approximate surface area is 345 Å². The number of nitrogens with one attached hydrogen (secondary N) is 1. The summed E-state index contributed by atoms with van der Waals surface area (Å²) in [5.74, 6) is -0.677. The number of hydrogen-bond acceptors (Lipinski definition) is 5. The van der Waals surface area contributed by atoms with Gasteiger partial charge >= 0.3 is 5.97 Å². The number of esters is 1. The molecule has 0 aromatic rings. The van der Waals surface area contributed by atoms with E-state index in [1.165, 1.54) is 103 Å². The lowest BCUT2D eigenvalue weighted by Crippen LogP contribution is -2.46. The van der Waals surface area contributed by atoms with Crippen LogP contribution in [-0.4, -0.2) is 46.9 Å². The molecule has 0 aromatic carbocycles. The summed E-state index contributed by atoms with van der Waals surface area (Å²) in [5.41, 5.74) is 0. The molecule has 322 valence electrons. The second kappa shape index (κ2) is 43.4. The molecule has 0 aliphatic carbocycles. The Morgan fingerprint density at radius 1 is 0.536 bits per heavy atom. The molecule has 0 heterocycles. The van der Waals surface area contributed by atoms with Gasteiger partial charge in [0.1, 0.15) is 6.10 Å². The topological polar surface area (TPSA) is 95.9 Å². The number of aliphatic hydroxyl groups excluding tert-OH is 2. The van der Waals surface area contributed by atoms with Crippen molar-refractivity contribution < 1.29 is 24.5 Å². The molecule has 3 atom stereocenters. The first-order valence-electron chi connectivity index (χ1n) is 23.2. The summed E-state index contributed by atoms with van der Waals surface area (Å²) < 4.78 is 5.77. The van der Waals surface area contributed by atoms with Gasteiger partial charge in [0.25, 0.3) is 0 Å². The van der Waals surface area contributed by atoms with Crippen LogP contribution in [0.25, 0.3) is 0 Å². The van der Waals surface area contributed by atoms with Crippen LogP contribution in [-0.2, 0) is 14.3 Å². The second-order valence-electron chi connectivity index (χ2n) is 15.4. The largest absolute Gasteiger partial charge is 0.458 e. The van der Waals surface area contributed by atoms with Crippen molar-refractivity contribution in [1.82, 2.24) is 5.32 Å². The molecule has 0 radical (unpaired) electrons. The first-order valence-corrected chi connectivity index (χ1v) is 23.2. The van der Waals surface area contributed by atoms with Crippen molar-refractivity contribution in [3.63, 3.8) is 0 Å². The minimum atomic E-state index is -0.820. The molecule has 0 aliphatic heterocycles. The molecule has 0 fully saturated rings. The molecule has 6 heteroatoms. The van der Waals surface area contributed by atoms with Crippen LogP contribution in [0, 0.1) is 0 Å². The van der Waals surface area contributed by atoms with Gasteiger partial charge in [-0.25, -0.2) is 0 Å². The van der Waals surface area contributed by atoms with Gasteiger partial charge in [0, 0.05) is 6.42 Å². The molecular weight excluding hydrogens is 695 g/mol. The fraction of sp³-hybridized carbons (Fsp3) is 0.720. The molecule has 6 nitrogen and oxygen atoms in total. The van der Waals surface area contributed by atoms with Crippen LogP contribution >= 0.6 is 0 Å². The van der Waals surface area contributed by atoms with E-state index in [9.17, 15) is 19.8 Å². The van der Waals surface area contributed by atoms with Crippen molar-refractivity contribution in [2.75, 3.05) is 6.61 Å². The van der Waals surface area contributed by atoms with Gasteiger partial charge in [0.15, 0.2) is 0 Å². The fourth-order valence-electron chi connectivity index (χ4n) is 6.44. The molecule has 56 heavy (non-hydrogen) atoms. The first-order chi connectivity index (χ1) is 27.5. The summed E-state index contributed by atoms with van der Waals surface area (Å²) in [6.07, 6.45) is 54.3. The molecule has 0 aromatic heterocycles. The predicted octanol–water partition coefficient (Wildman–Crippen LogP) is 13.4.